The van der Waals surface area contributed by atoms with Gasteiger partial charge in [-0.2, -0.15) is 4.31 Å². The molecule has 2 atom stereocenters. The fourth-order valence-electron chi connectivity index (χ4n) is 2.30. The predicted octanol–water partition coefficient (Wildman–Crippen LogP) is 5.96. The van der Waals surface area contributed by atoms with Crippen LogP contribution in [0.1, 0.15) is 90.9 Å². The van der Waals surface area contributed by atoms with Crippen LogP contribution >= 0.6 is 15.6 Å². The molecule has 0 bridgehead atoms. The Hall–Kier alpha value is 0.260. The summed E-state index contributed by atoms with van der Waals surface area (Å²) in [5.41, 5.74) is 0. The second kappa shape index (κ2) is 15.3. The smallest absolute Gasteiger partial charge is 0.302 e. The van der Waals surface area contributed by atoms with Crippen LogP contribution in [0.25, 0.3) is 0 Å². The maximum atomic E-state index is 11.7. The van der Waals surface area contributed by atoms with E-state index in [0.717, 1.165) is 51.4 Å². The van der Waals surface area contributed by atoms with Crippen LogP contribution in [-0.4, -0.2) is 23.0 Å². The summed E-state index contributed by atoms with van der Waals surface area (Å²) in [5.74, 6) is 0. The van der Waals surface area contributed by atoms with Gasteiger partial charge in [-0.1, -0.05) is 78.1 Å². The zero-order chi connectivity index (χ0) is 19.0. The number of unbranched alkanes of at least 4 members (excludes halogenated alkanes) is 10. The van der Waals surface area contributed by atoms with Crippen molar-refractivity contribution in [2.24, 2.45) is 0 Å². The van der Waals surface area contributed by atoms with Crippen molar-refractivity contribution in [3.05, 3.63) is 0 Å². The van der Waals surface area contributed by atoms with E-state index in [2.05, 4.69) is 18.2 Å². The quantitative estimate of drug-likeness (QED) is 0.215. The molecule has 0 saturated carbocycles. The number of phosphoric ester groups is 2. The van der Waals surface area contributed by atoms with E-state index in [4.69, 9.17) is 9.05 Å². The third-order valence-electron chi connectivity index (χ3n) is 3.71. The second-order valence-electron chi connectivity index (χ2n) is 6.22. The first-order valence-corrected chi connectivity index (χ1v) is 12.5. The highest BCUT2D eigenvalue weighted by atomic mass is 31.3. The van der Waals surface area contributed by atoms with Gasteiger partial charge in [-0.15, -0.1) is 0 Å². The Bertz CT molecular complexity index is 368. The van der Waals surface area contributed by atoms with Gasteiger partial charge in [0.05, 0.1) is 13.2 Å². The zero-order valence-corrected chi connectivity index (χ0v) is 17.5. The average Bonchev–Trinajstić information content (AvgIpc) is 2.52. The van der Waals surface area contributed by atoms with E-state index in [9.17, 15) is 18.9 Å². The minimum absolute atomic E-state index is 0.0112. The summed E-state index contributed by atoms with van der Waals surface area (Å²) < 4.78 is 37.1. The average molecular weight is 402 g/mol. The minimum Gasteiger partial charge on any atom is -0.302 e. The molecule has 0 saturated heterocycles. The lowest BCUT2D eigenvalue weighted by atomic mass is 10.1. The summed E-state index contributed by atoms with van der Waals surface area (Å²) in [6, 6.07) is 0. The lowest BCUT2D eigenvalue weighted by Crippen LogP contribution is -2.00. The molecule has 152 valence electrons. The third-order valence-corrected chi connectivity index (χ3v) is 6.38. The van der Waals surface area contributed by atoms with Gasteiger partial charge in [-0.05, 0) is 12.8 Å². The van der Waals surface area contributed by atoms with Crippen LogP contribution in [0.3, 0.4) is 0 Å². The molecular formula is C16H36O7P2. The Morgan fingerprint density at radius 2 is 0.920 bits per heavy atom. The molecule has 0 heterocycles. The first-order chi connectivity index (χ1) is 11.8. The molecule has 0 aromatic carbocycles. The van der Waals surface area contributed by atoms with E-state index in [-0.39, 0.29) is 13.2 Å². The largest absolute Gasteiger partial charge is 0.481 e. The zero-order valence-electron chi connectivity index (χ0n) is 15.7. The van der Waals surface area contributed by atoms with Gasteiger partial charge in [-0.25, -0.2) is 9.13 Å². The molecule has 7 nitrogen and oxygen atoms in total. The number of rotatable bonds is 18. The van der Waals surface area contributed by atoms with E-state index in [1.165, 1.54) is 12.8 Å². The lowest BCUT2D eigenvalue weighted by Gasteiger charge is -2.16. The fraction of sp³-hybridized carbons (Fsp3) is 1.00. The number of hydrogen-bond donors (Lipinski definition) is 2. The van der Waals surface area contributed by atoms with Crippen molar-refractivity contribution in [3.63, 3.8) is 0 Å². The normalized spacial score (nSPS) is 16.5. The molecule has 0 amide bonds. The summed E-state index contributed by atoms with van der Waals surface area (Å²) in [7, 11) is -9.17. The van der Waals surface area contributed by atoms with Crippen LogP contribution in [-0.2, 0) is 22.5 Å². The third kappa shape index (κ3) is 17.4. The van der Waals surface area contributed by atoms with Gasteiger partial charge >= 0.3 is 15.6 Å². The van der Waals surface area contributed by atoms with Gasteiger partial charge < -0.3 is 9.79 Å². The summed E-state index contributed by atoms with van der Waals surface area (Å²) in [6.45, 7) is 4.28. The molecule has 0 aromatic heterocycles. The van der Waals surface area contributed by atoms with E-state index in [1.807, 2.05) is 0 Å². The van der Waals surface area contributed by atoms with Crippen LogP contribution in [0.2, 0.25) is 0 Å². The van der Waals surface area contributed by atoms with Crippen LogP contribution in [0.5, 0.6) is 0 Å². The van der Waals surface area contributed by atoms with Crippen molar-refractivity contribution < 1.29 is 32.3 Å². The highest BCUT2D eigenvalue weighted by Gasteiger charge is 2.34. The van der Waals surface area contributed by atoms with Crippen molar-refractivity contribution in [1.82, 2.24) is 0 Å². The Balaban J connectivity index is 3.81. The second-order valence-corrected chi connectivity index (χ2v) is 9.26. The molecular weight excluding hydrogens is 366 g/mol. The van der Waals surface area contributed by atoms with Crippen molar-refractivity contribution in [2.75, 3.05) is 13.2 Å². The molecule has 9 heteroatoms. The molecule has 25 heavy (non-hydrogen) atoms. The Labute approximate surface area is 152 Å². The van der Waals surface area contributed by atoms with E-state index >= 15 is 0 Å². The summed E-state index contributed by atoms with van der Waals surface area (Å²) >= 11 is 0. The molecule has 0 spiro atoms. The number of hydrogen-bond acceptors (Lipinski definition) is 5. The monoisotopic (exact) mass is 402 g/mol. The topological polar surface area (TPSA) is 102 Å². The van der Waals surface area contributed by atoms with Crippen LogP contribution in [0, 0.1) is 0 Å². The molecule has 0 aromatic rings. The fourth-order valence-corrected chi connectivity index (χ4v) is 4.44. The highest BCUT2D eigenvalue weighted by Crippen LogP contribution is 2.60. The molecule has 0 aliphatic heterocycles. The Kier molecular flexibility index (Phi) is 15.5. The standard InChI is InChI=1S/C16H36O7P2/c1-3-5-7-9-11-13-15-21-24(17,18)23-25(19,20)22-16-14-12-10-8-6-4-2/h3-16H2,1-2H3,(H,17,18)(H,19,20). The van der Waals surface area contributed by atoms with Gasteiger partial charge in [-0.3, -0.25) is 9.05 Å². The Morgan fingerprint density at radius 3 is 1.28 bits per heavy atom. The van der Waals surface area contributed by atoms with Gasteiger partial charge in [0, 0.05) is 0 Å². The van der Waals surface area contributed by atoms with Crippen LogP contribution < -0.4 is 0 Å². The minimum atomic E-state index is -4.58. The molecule has 0 aliphatic carbocycles. The maximum Gasteiger partial charge on any atom is 0.481 e. The van der Waals surface area contributed by atoms with E-state index in [0.29, 0.717) is 12.8 Å². The molecule has 2 N–H and O–H groups in total. The highest BCUT2D eigenvalue weighted by molar-refractivity contribution is 7.61. The first kappa shape index (κ1) is 25.3. The Morgan fingerprint density at radius 1 is 0.600 bits per heavy atom. The van der Waals surface area contributed by atoms with Gasteiger partial charge in [0.15, 0.2) is 0 Å². The van der Waals surface area contributed by atoms with Crippen molar-refractivity contribution in [3.8, 4) is 0 Å². The first-order valence-electron chi connectivity index (χ1n) is 9.49. The summed E-state index contributed by atoms with van der Waals surface area (Å²) in [4.78, 5) is 19.0. The van der Waals surface area contributed by atoms with Crippen molar-refractivity contribution >= 4 is 15.6 Å². The van der Waals surface area contributed by atoms with E-state index < -0.39 is 15.6 Å². The molecule has 0 rings (SSSR count). The lowest BCUT2D eigenvalue weighted by molar-refractivity contribution is 0.151. The molecule has 0 aliphatic rings. The molecule has 0 fully saturated rings. The summed E-state index contributed by atoms with van der Waals surface area (Å²) in [6.07, 6.45) is 11.9. The maximum absolute atomic E-state index is 11.7. The number of phosphoric acid groups is 2. The molecule has 0 radical (unpaired) electrons. The SMILES string of the molecule is CCCCCCCCOP(=O)(O)OP(=O)(O)OCCCCCCCC. The summed E-state index contributed by atoms with van der Waals surface area (Å²) in [5, 5.41) is 0. The predicted molar refractivity (Wildman–Crippen MR) is 99.4 cm³/mol. The van der Waals surface area contributed by atoms with Gasteiger partial charge in [0.1, 0.15) is 0 Å². The van der Waals surface area contributed by atoms with Gasteiger partial charge in [0.2, 0.25) is 0 Å². The van der Waals surface area contributed by atoms with E-state index in [1.54, 1.807) is 0 Å². The van der Waals surface area contributed by atoms with Crippen molar-refractivity contribution in [2.45, 2.75) is 90.9 Å². The van der Waals surface area contributed by atoms with Crippen LogP contribution in [0.4, 0.5) is 0 Å². The molecule has 2 unspecified atom stereocenters. The van der Waals surface area contributed by atoms with Gasteiger partial charge in [0.25, 0.3) is 0 Å². The van der Waals surface area contributed by atoms with Crippen molar-refractivity contribution in [1.29, 1.82) is 0 Å². The van der Waals surface area contributed by atoms with Crippen LogP contribution in [0.15, 0.2) is 0 Å².